The molecular weight excluding hydrogens is 274 g/mol. The van der Waals surface area contributed by atoms with Gasteiger partial charge in [0.2, 0.25) is 5.91 Å². The quantitative estimate of drug-likeness (QED) is 0.766. The SMILES string of the molecule is CCOC1CC(CC(=O)N2CCC(OCC(=O)O)CC2)C1. The molecule has 6 nitrogen and oxygen atoms in total. The summed E-state index contributed by atoms with van der Waals surface area (Å²) < 4.78 is 10.8. The van der Waals surface area contributed by atoms with Crippen molar-refractivity contribution in [1.82, 2.24) is 4.90 Å². The maximum atomic E-state index is 12.2. The molecule has 0 unspecified atom stereocenters. The second-order valence-corrected chi connectivity index (χ2v) is 5.90. The first kappa shape index (κ1) is 16.2. The average Bonchev–Trinajstić information content (AvgIpc) is 2.43. The Morgan fingerprint density at radius 2 is 1.81 bits per heavy atom. The highest BCUT2D eigenvalue weighted by atomic mass is 16.5. The van der Waals surface area contributed by atoms with Crippen molar-refractivity contribution in [2.24, 2.45) is 5.92 Å². The zero-order valence-corrected chi connectivity index (χ0v) is 12.6. The normalized spacial score (nSPS) is 26.4. The number of rotatable bonds is 7. The van der Waals surface area contributed by atoms with Gasteiger partial charge in [0.05, 0.1) is 12.2 Å². The number of carbonyl (C=O) groups excluding carboxylic acids is 1. The van der Waals surface area contributed by atoms with Gasteiger partial charge in [0.25, 0.3) is 0 Å². The zero-order valence-electron chi connectivity index (χ0n) is 12.6. The van der Waals surface area contributed by atoms with Crippen LogP contribution in [0.2, 0.25) is 0 Å². The molecule has 0 aromatic carbocycles. The Kier molecular flexibility index (Phi) is 5.99. The van der Waals surface area contributed by atoms with Crippen LogP contribution in [0.15, 0.2) is 0 Å². The molecule has 2 fully saturated rings. The molecular formula is C15H25NO5. The third-order valence-corrected chi connectivity index (χ3v) is 4.30. The topological polar surface area (TPSA) is 76.1 Å². The van der Waals surface area contributed by atoms with Crippen LogP contribution in [0.1, 0.15) is 39.0 Å². The molecule has 1 aliphatic heterocycles. The Bertz CT molecular complexity index is 359. The molecule has 0 spiro atoms. The lowest BCUT2D eigenvalue weighted by molar-refractivity contribution is -0.147. The summed E-state index contributed by atoms with van der Waals surface area (Å²) in [5.74, 6) is -0.260. The predicted octanol–water partition coefficient (Wildman–Crippen LogP) is 1.28. The summed E-state index contributed by atoms with van der Waals surface area (Å²) in [6, 6.07) is 0. The summed E-state index contributed by atoms with van der Waals surface area (Å²) in [5.41, 5.74) is 0. The molecule has 0 bridgehead atoms. The van der Waals surface area contributed by atoms with Crippen molar-refractivity contribution in [3.63, 3.8) is 0 Å². The number of amides is 1. The molecule has 1 saturated heterocycles. The number of carboxylic acid groups (broad SMARTS) is 1. The van der Waals surface area contributed by atoms with E-state index in [0.717, 1.165) is 32.3 Å². The number of hydrogen-bond donors (Lipinski definition) is 1. The Morgan fingerprint density at radius 1 is 1.14 bits per heavy atom. The number of hydrogen-bond acceptors (Lipinski definition) is 4. The number of carbonyl (C=O) groups is 2. The van der Waals surface area contributed by atoms with Gasteiger partial charge in [-0.1, -0.05) is 0 Å². The molecule has 0 radical (unpaired) electrons. The average molecular weight is 299 g/mol. The molecule has 21 heavy (non-hydrogen) atoms. The van der Waals surface area contributed by atoms with E-state index in [1.807, 2.05) is 11.8 Å². The fourth-order valence-corrected chi connectivity index (χ4v) is 3.05. The first-order chi connectivity index (χ1) is 10.1. The molecule has 6 heteroatoms. The van der Waals surface area contributed by atoms with E-state index < -0.39 is 5.97 Å². The van der Waals surface area contributed by atoms with Crippen LogP contribution in [0.3, 0.4) is 0 Å². The molecule has 2 aliphatic rings. The van der Waals surface area contributed by atoms with Crippen LogP contribution < -0.4 is 0 Å². The van der Waals surface area contributed by atoms with Crippen molar-refractivity contribution >= 4 is 11.9 Å². The minimum Gasteiger partial charge on any atom is -0.480 e. The van der Waals surface area contributed by atoms with E-state index in [1.54, 1.807) is 0 Å². The first-order valence-electron chi connectivity index (χ1n) is 7.81. The van der Waals surface area contributed by atoms with Crippen LogP contribution in [0.25, 0.3) is 0 Å². The van der Waals surface area contributed by atoms with E-state index in [1.165, 1.54) is 0 Å². The van der Waals surface area contributed by atoms with Crippen molar-refractivity contribution in [2.45, 2.75) is 51.2 Å². The molecule has 0 atom stereocenters. The van der Waals surface area contributed by atoms with Crippen LogP contribution in [-0.4, -0.2) is 60.4 Å². The van der Waals surface area contributed by atoms with E-state index in [0.29, 0.717) is 31.5 Å². The van der Waals surface area contributed by atoms with Gasteiger partial charge < -0.3 is 19.5 Å². The molecule has 0 aromatic rings. The van der Waals surface area contributed by atoms with Gasteiger partial charge in [-0.25, -0.2) is 4.79 Å². The second-order valence-electron chi connectivity index (χ2n) is 5.90. The van der Waals surface area contributed by atoms with Gasteiger partial charge in [-0.05, 0) is 38.5 Å². The number of nitrogens with zero attached hydrogens (tertiary/aromatic N) is 1. The minimum absolute atomic E-state index is 0.0313. The number of likely N-dealkylation sites (tertiary alicyclic amines) is 1. The van der Waals surface area contributed by atoms with Crippen LogP contribution in [0, 0.1) is 5.92 Å². The summed E-state index contributed by atoms with van der Waals surface area (Å²) in [6.45, 7) is 3.83. The second kappa shape index (κ2) is 7.75. The molecule has 1 aliphatic carbocycles. The van der Waals surface area contributed by atoms with Gasteiger partial charge >= 0.3 is 5.97 Å². The van der Waals surface area contributed by atoms with Crippen LogP contribution >= 0.6 is 0 Å². The lowest BCUT2D eigenvalue weighted by atomic mass is 9.79. The lowest BCUT2D eigenvalue weighted by Gasteiger charge is -2.37. The molecule has 120 valence electrons. The highest BCUT2D eigenvalue weighted by Gasteiger charge is 2.33. The highest BCUT2D eigenvalue weighted by molar-refractivity contribution is 5.76. The Balaban J connectivity index is 1.61. The standard InChI is InChI=1S/C15H25NO5/c1-2-20-13-7-11(8-13)9-14(17)16-5-3-12(4-6-16)21-10-15(18)19/h11-13H,2-10H2,1H3,(H,18,19). The van der Waals surface area contributed by atoms with E-state index in [-0.39, 0.29) is 18.6 Å². The van der Waals surface area contributed by atoms with Gasteiger partial charge in [0.15, 0.2) is 0 Å². The van der Waals surface area contributed by atoms with E-state index in [2.05, 4.69) is 0 Å². The first-order valence-corrected chi connectivity index (χ1v) is 7.81. The third kappa shape index (κ3) is 4.97. The fourth-order valence-electron chi connectivity index (χ4n) is 3.05. The number of piperidine rings is 1. The largest absolute Gasteiger partial charge is 0.480 e. The zero-order chi connectivity index (χ0) is 15.2. The molecule has 2 rings (SSSR count). The van der Waals surface area contributed by atoms with E-state index in [9.17, 15) is 9.59 Å². The fraction of sp³-hybridized carbons (Fsp3) is 0.867. The summed E-state index contributed by atoms with van der Waals surface area (Å²) in [6.07, 6.45) is 4.38. The highest BCUT2D eigenvalue weighted by Crippen LogP contribution is 2.33. The van der Waals surface area contributed by atoms with E-state index >= 15 is 0 Å². The van der Waals surface area contributed by atoms with E-state index in [4.69, 9.17) is 14.6 Å². The molecule has 1 heterocycles. The van der Waals surface area contributed by atoms with Crippen molar-refractivity contribution in [2.75, 3.05) is 26.3 Å². The smallest absolute Gasteiger partial charge is 0.329 e. The molecule has 1 amide bonds. The summed E-state index contributed by atoms with van der Waals surface area (Å²) in [7, 11) is 0. The third-order valence-electron chi connectivity index (χ3n) is 4.30. The molecule has 0 aromatic heterocycles. The molecule has 1 saturated carbocycles. The molecule has 1 N–H and O–H groups in total. The Hall–Kier alpha value is -1.14. The van der Waals surface area contributed by atoms with Crippen molar-refractivity contribution < 1.29 is 24.2 Å². The number of aliphatic carboxylic acids is 1. The van der Waals surface area contributed by atoms with Gasteiger partial charge in [-0.2, -0.15) is 0 Å². The predicted molar refractivity (Wildman–Crippen MR) is 75.9 cm³/mol. The summed E-state index contributed by atoms with van der Waals surface area (Å²) in [4.78, 5) is 24.5. The number of ether oxygens (including phenoxy) is 2. The van der Waals surface area contributed by atoms with Gasteiger partial charge in [-0.15, -0.1) is 0 Å². The van der Waals surface area contributed by atoms with Crippen LogP contribution in [0.5, 0.6) is 0 Å². The lowest BCUT2D eigenvalue weighted by Crippen LogP contribution is -2.43. The summed E-state index contributed by atoms with van der Waals surface area (Å²) >= 11 is 0. The van der Waals surface area contributed by atoms with Gasteiger partial charge in [0, 0.05) is 26.1 Å². The van der Waals surface area contributed by atoms with Crippen molar-refractivity contribution in [3.05, 3.63) is 0 Å². The van der Waals surface area contributed by atoms with Crippen LogP contribution in [0.4, 0.5) is 0 Å². The maximum Gasteiger partial charge on any atom is 0.329 e. The van der Waals surface area contributed by atoms with Gasteiger partial charge in [0.1, 0.15) is 6.61 Å². The number of carboxylic acids is 1. The van der Waals surface area contributed by atoms with Crippen molar-refractivity contribution in [1.29, 1.82) is 0 Å². The van der Waals surface area contributed by atoms with Gasteiger partial charge in [-0.3, -0.25) is 4.79 Å². The minimum atomic E-state index is -0.942. The van der Waals surface area contributed by atoms with Crippen molar-refractivity contribution in [3.8, 4) is 0 Å². The maximum absolute atomic E-state index is 12.2. The monoisotopic (exact) mass is 299 g/mol. The van der Waals surface area contributed by atoms with Crippen LogP contribution in [-0.2, 0) is 19.1 Å². The Morgan fingerprint density at radius 3 is 2.38 bits per heavy atom. The Labute approximate surface area is 125 Å². The summed E-state index contributed by atoms with van der Waals surface area (Å²) in [5, 5.41) is 8.58.